The summed E-state index contributed by atoms with van der Waals surface area (Å²) in [5.74, 6) is -1.06. The molecule has 1 aliphatic rings. The summed E-state index contributed by atoms with van der Waals surface area (Å²) in [6.45, 7) is 6.59. The molecule has 178 valence electrons. The first kappa shape index (κ1) is 24.9. The number of amides is 1. The van der Waals surface area contributed by atoms with Gasteiger partial charge in [-0.2, -0.15) is 4.31 Å². The van der Waals surface area contributed by atoms with E-state index in [2.05, 4.69) is 5.32 Å². The van der Waals surface area contributed by atoms with E-state index in [0.717, 1.165) is 18.4 Å². The average Bonchev–Trinajstić information content (AvgIpc) is 2.81. The summed E-state index contributed by atoms with van der Waals surface area (Å²) in [4.78, 5) is 25.2. The predicted octanol–water partition coefficient (Wildman–Crippen LogP) is 4.30. The lowest BCUT2D eigenvalue weighted by Crippen LogP contribution is -2.43. The van der Waals surface area contributed by atoms with E-state index in [1.54, 1.807) is 43.3 Å². The van der Waals surface area contributed by atoms with Crippen molar-refractivity contribution in [3.8, 4) is 0 Å². The number of ether oxygens (including phenoxy) is 1. The van der Waals surface area contributed by atoms with Gasteiger partial charge in [-0.1, -0.05) is 25.5 Å². The quantitative estimate of drug-likeness (QED) is 0.457. The van der Waals surface area contributed by atoms with E-state index in [9.17, 15) is 18.0 Å². The van der Waals surface area contributed by atoms with Crippen molar-refractivity contribution in [1.29, 1.82) is 0 Å². The van der Waals surface area contributed by atoms with Gasteiger partial charge in [0.05, 0.1) is 23.0 Å². The monoisotopic (exact) mass is 472 g/mol. The topological polar surface area (TPSA) is 92.8 Å². The Kier molecular flexibility index (Phi) is 8.26. The Balaban J connectivity index is 1.64. The summed E-state index contributed by atoms with van der Waals surface area (Å²) in [7, 11) is -3.68. The van der Waals surface area contributed by atoms with Crippen LogP contribution < -0.4 is 5.32 Å². The Labute approximate surface area is 196 Å². The lowest BCUT2D eigenvalue weighted by molar-refractivity contribution is -0.120. The first-order valence-electron chi connectivity index (χ1n) is 11.4. The standard InChI is InChI=1S/C25H32N2O5S/c1-4-5-15-32-25(29)20-10-12-22(13-11-20)26-24(28)21-7-6-14-27(17-21)33(30,31)23-16-18(2)8-9-19(23)3/h8-13,16,21H,4-7,14-15,17H2,1-3H3,(H,26,28)/t21-/m1/s1. The molecule has 0 bridgehead atoms. The Morgan fingerprint density at radius 3 is 2.55 bits per heavy atom. The van der Waals surface area contributed by atoms with Crippen LogP contribution in [0, 0.1) is 19.8 Å². The van der Waals surface area contributed by atoms with Gasteiger partial charge in [0.1, 0.15) is 0 Å². The van der Waals surface area contributed by atoms with Crippen molar-refractivity contribution >= 4 is 27.6 Å². The zero-order chi connectivity index (χ0) is 24.0. The molecule has 1 atom stereocenters. The van der Waals surface area contributed by atoms with E-state index >= 15 is 0 Å². The third kappa shape index (κ3) is 6.21. The fourth-order valence-electron chi connectivity index (χ4n) is 3.83. The number of hydrogen-bond acceptors (Lipinski definition) is 5. The second-order valence-electron chi connectivity index (χ2n) is 8.53. The molecule has 0 spiro atoms. The average molecular weight is 473 g/mol. The first-order valence-corrected chi connectivity index (χ1v) is 12.8. The Bertz CT molecular complexity index is 1100. The van der Waals surface area contributed by atoms with Gasteiger partial charge in [-0.15, -0.1) is 0 Å². The maximum atomic E-state index is 13.2. The van der Waals surface area contributed by atoms with Crippen LogP contribution in [-0.2, 0) is 19.6 Å². The van der Waals surface area contributed by atoms with Crippen LogP contribution >= 0.6 is 0 Å². The zero-order valence-electron chi connectivity index (χ0n) is 19.5. The highest BCUT2D eigenvalue weighted by atomic mass is 32.2. The molecule has 2 aromatic carbocycles. The fraction of sp³-hybridized carbons (Fsp3) is 0.440. The van der Waals surface area contributed by atoms with E-state index in [-0.39, 0.29) is 18.4 Å². The fourth-order valence-corrected chi connectivity index (χ4v) is 5.66. The minimum Gasteiger partial charge on any atom is -0.462 e. The molecule has 7 nitrogen and oxygen atoms in total. The van der Waals surface area contributed by atoms with E-state index in [0.29, 0.717) is 47.7 Å². The largest absolute Gasteiger partial charge is 0.462 e. The van der Waals surface area contributed by atoms with Crippen molar-refractivity contribution in [1.82, 2.24) is 4.31 Å². The summed E-state index contributed by atoms with van der Waals surface area (Å²) >= 11 is 0. The number of hydrogen-bond donors (Lipinski definition) is 1. The number of rotatable bonds is 8. The molecule has 0 radical (unpaired) electrons. The van der Waals surface area contributed by atoms with Crippen LogP contribution in [0.3, 0.4) is 0 Å². The number of benzene rings is 2. The van der Waals surface area contributed by atoms with Gasteiger partial charge < -0.3 is 10.1 Å². The molecule has 3 rings (SSSR count). The lowest BCUT2D eigenvalue weighted by atomic mass is 9.98. The predicted molar refractivity (Wildman–Crippen MR) is 128 cm³/mol. The van der Waals surface area contributed by atoms with Crippen LogP contribution in [0.2, 0.25) is 0 Å². The third-order valence-corrected chi connectivity index (χ3v) is 7.84. The van der Waals surface area contributed by atoms with Gasteiger partial charge in [-0.3, -0.25) is 4.79 Å². The van der Waals surface area contributed by atoms with Gasteiger partial charge in [0.25, 0.3) is 0 Å². The number of esters is 1. The van der Waals surface area contributed by atoms with Crippen molar-refractivity contribution in [2.75, 3.05) is 25.0 Å². The van der Waals surface area contributed by atoms with Crippen molar-refractivity contribution < 1.29 is 22.7 Å². The summed E-state index contributed by atoms with van der Waals surface area (Å²) in [6, 6.07) is 11.9. The van der Waals surface area contributed by atoms with Crippen molar-refractivity contribution in [2.24, 2.45) is 5.92 Å². The maximum Gasteiger partial charge on any atom is 0.338 e. The van der Waals surface area contributed by atoms with E-state index < -0.39 is 15.9 Å². The number of nitrogens with zero attached hydrogens (tertiary/aromatic N) is 1. The smallest absolute Gasteiger partial charge is 0.338 e. The second kappa shape index (κ2) is 10.9. The number of aryl methyl sites for hydroxylation is 2. The highest BCUT2D eigenvalue weighted by Crippen LogP contribution is 2.27. The normalized spacial score (nSPS) is 16.9. The van der Waals surface area contributed by atoms with Gasteiger partial charge in [0.15, 0.2) is 0 Å². The number of nitrogens with one attached hydrogen (secondary N) is 1. The molecule has 2 aromatic rings. The molecular formula is C25H32N2O5S. The second-order valence-corrected chi connectivity index (χ2v) is 10.4. The van der Waals surface area contributed by atoms with E-state index in [1.807, 2.05) is 19.9 Å². The van der Waals surface area contributed by atoms with Gasteiger partial charge in [0, 0.05) is 18.8 Å². The summed E-state index contributed by atoms with van der Waals surface area (Å²) in [6.07, 6.45) is 3.00. The highest BCUT2D eigenvalue weighted by Gasteiger charge is 2.34. The third-order valence-electron chi connectivity index (χ3n) is 5.84. The van der Waals surface area contributed by atoms with Gasteiger partial charge in [0.2, 0.25) is 15.9 Å². The molecule has 33 heavy (non-hydrogen) atoms. The van der Waals surface area contributed by atoms with Crippen LogP contribution in [0.25, 0.3) is 0 Å². The van der Waals surface area contributed by atoms with Crippen LogP contribution in [0.4, 0.5) is 5.69 Å². The number of carbonyl (C=O) groups is 2. The molecule has 1 amide bonds. The van der Waals surface area contributed by atoms with Crippen LogP contribution in [0.1, 0.15) is 54.1 Å². The first-order chi connectivity index (χ1) is 15.7. The van der Waals surface area contributed by atoms with Crippen LogP contribution in [-0.4, -0.2) is 44.3 Å². The zero-order valence-corrected chi connectivity index (χ0v) is 20.3. The van der Waals surface area contributed by atoms with Crippen LogP contribution in [0.5, 0.6) is 0 Å². The van der Waals surface area contributed by atoms with E-state index in [4.69, 9.17) is 4.74 Å². The molecule has 1 heterocycles. The van der Waals surface area contributed by atoms with Crippen molar-refractivity contribution in [3.63, 3.8) is 0 Å². The molecule has 1 fully saturated rings. The van der Waals surface area contributed by atoms with Gasteiger partial charge >= 0.3 is 5.97 Å². The maximum absolute atomic E-state index is 13.2. The van der Waals surface area contributed by atoms with Crippen molar-refractivity contribution in [3.05, 3.63) is 59.2 Å². The Morgan fingerprint density at radius 2 is 1.85 bits per heavy atom. The number of unbranched alkanes of at least 4 members (excludes halogenated alkanes) is 1. The lowest BCUT2D eigenvalue weighted by Gasteiger charge is -2.31. The molecule has 0 saturated carbocycles. The highest BCUT2D eigenvalue weighted by molar-refractivity contribution is 7.89. The van der Waals surface area contributed by atoms with Gasteiger partial charge in [-0.05, 0) is 74.6 Å². The minimum absolute atomic E-state index is 0.142. The Hall–Kier alpha value is -2.71. The molecule has 8 heteroatoms. The summed E-state index contributed by atoms with van der Waals surface area (Å²) < 4.78 is 33.1. The molecule has 0 aromatic heterocycles. The van der Waals surface area contributed by atoms with Crippen LogP contribution in [0.15, 0.2) is 47.4 Å². The number of carbonyl (C=O) groups excluding carboxylic acids is 2. The molecule has 1 N–H and O–H groups in total. The molecule has 1 aliphatic heterocycles. The SMILES string of the molecule is CCCCOC(=O)c1ccc(NC(=O)[C@@H]2CCCN(S(=O)(=O)c3cc(C)ccc3C)C2)cc1. The van der Waals surface area contributed by atoms with Gasteiger partial charge in [-0.25, -0.2) is 13.2 Å². The number of sulfonamides is 1. The minimum atomic E-state index is -3.68. The molecular weight excluding hydrogens is 440 g/mol. The molecule has 0 unspecified atom stereocenters. The Morgan fingerprint density at radius 1 is 1.12 bits per heavy atom. The summed E-state index contributed by atoms with van der Waals surface area (Å²) in [5.41, 5.74) is 2.55. The molecule has 1 saturated heterocycles. The van der Waals surface area contributed by atoms with Crippen molar-refractivity contribution in [2.45, 2.75) is 51.3 Å². The number of piperidine rings is 1. The van der Waals surface area contributed by atoms with E-state index in [1.165, 1.54) is 4.31 Å². The summed E-state index contributed by atoms with van der Waals surface area (Å²) in [5, 5.41) is 2.85. The number of anilines is 1. The molecule has 0 aliphatic carbocycles.